The Bertz CT molecular complexity index is 659. The van der Waals surface area contributed by atoms with Gasteiger partial charge in [0.15, 0.2) is 0 Å². The second-order valence-corrected chi connectivity index (χ2v) is 8.65. The number of morpholine rings is 1. The van der Waals surface area contributed by atoms with Crippen LogP contribution < -0.4 is 5.32 Å². The van der Waals surface area contributed by atoms with Crippen LogP contribution in [0.3, 0.4) is 0 Å². The van der Waals surface area contributed by atoms with Crippen LogP contribution in [0.5, 0.6) is 0 Å². The van der Waals surface area contributed by atoms with Gasteiger partial charge in [0, 0.05) is 45.2 Å². The minimum Gasteiger partial charge on any atom is -0.379 e. The number of ether oxygens (including phenoxy) is 1. The lowest BCUT2D eigenvalue weighted by molar-refractivity contribution is -0.129. The number of nitrogens with zero attached hydrogens (tertiary/aromatic N) is 2. The van der Waals surface area contributed by atoms with E-state index in [9.17, 15) is 9.59 Å². The highest BCUT2D eigenvalue weighted by Crippen LogP contribution is 2.19. The molecular weight excluding hydrogens is 366 g/mol. The maximum atomic E-state index is 12.8. The molecule has 6 heteroatoms. The number of likely N-dealkylation sites (tertiary alicyclic amines) is 1. The largest absolute Gasteiger partial charge is 0.379 e. The topological polar surface area (TPSA) is 61.9 Å². The second-order valence-electron chi connectivity index (χ2n) is 8.65. The minimum atomic E-state index is -0.234. The molecule has 6 nitrogen and oxygen atoms in total. The van der Waals surface area contributed by atoms with Crippen LogP contribution in [0.4, 0.5) is 0 Å². The SMILES string of the molecule is CC(C)CC(CNC(=O)C1CC(=O)N(CCc2ccccc2)C1)N1CCOCC1. The van der Waals surface area contributed by atoms with Crippen molar-refractivity contribution in [2.24, 2.45) is 11.8 Å². The first-order valence-corrected chi connectivity index (χ1v) is 10.9. The molecule has 0 radical (unpaired) electrons. The maximum Gasteiger partial charge on any atom is 0.225 e. The zero-order valence-corrected chi connectivity index (χ0v) is 17.8. The molecule has 1 aromatic rings. The van der Waals surface area contributed by atoms with E-state index in [1.807, 2.05) is 23.1 Å². The third-order valence-corrected chi connectivity index (χ3v) is 5.92. The van der Waals surface area contributed by atoms with Crippen LogP contribution in [-0.2, 0) is 20.7 Å². The van der Waals surface area contributed by atoms with Gasteiger partial charge in [0.2, 0.25) is 11.8 Å². The van der Waals surface area contributed by atoms with E-state index in [4.69, 9.17) is 4.74 Å². The normalized spacial score (nSPS) is 21.6. The van der Waals surface area contributed by atoms with Gasteiger partial charge >= 0.3 is 0 Å². The Morgan fingerprint density at radius 1 is 1.21 bits per heavy atom. The molecule has 0 aliphatic carbocycles. The maximum absolute atomic E-state index is 12.8. The van der Waals surface area contributed by atoms with Gasteiger partial charge in [-0.15, -0.1) is 0 Å². The number of nitrogens with one attached hydrogen (secondary N) is 1. The summed E-state index contributed by atoms with van der Waals surface area (Å²) in [7, 11) is 0. The van der Waals surface area contributed by atoms with Crippen molar-refractivity contribution in [2.75, 3.05) is 45.9 Å². The number of amides is 2. The third-order valence-electron chi connectivity index (χ3n) is 5.92. The molecule has 1 aromatic carbocycles. The number of carbonyl (C=O) groups is 2. The van der Waals surface area contributed by atoms with Crippen molar-refractivity contribution in [3.05, 3.63) is 35.9 Å². The van der Waals surface area contributed by atoms with Gasteiger partial charge in [0.05, 0.1) is 19.1 Å². The lowest BCUT2D eigenvalue weighted by Crippen LogP contribution is -2.50. The van der Waals surface area contributed by atoms with Crippen LogP contribution in [0.25, 0.3) is 0 Å². The van der Waals surface area contributed by atoms with Crippen molar-refractivity contribution >= 4 is 11.8 Å². The van der Waals surface area contributed by atoms with Gasteiger partial charge in [-0.2, -0.15) is 0 Å². The molecule has 3 rings (SSSR count). The Kier molecular flexibility index (Phi) is 8.07. The van der Waals surface area contributed by atoms with E-state index in [1.54, 1.807) is 0 Å². The summed E-state index contributed by atoms with van der Waals surface area (Å²) in [6, 6.07) is 10.5. The molecule has 2 fully saturated rings. The zero-order chi connectivity index (χ0) is 20.6. The summed E-state index contributed by atoms with van der Waals surface area (Å²) >= 11 is 0. The van der Waals surface area contributed by atoms with Crippen LogP contribution >= 0.6 is 0 Å². The highest BCUT2D eigenvalue weighted by Gasteiger charge is 2.34. The molecule has 2 aliphatic rings. The number of carbonyl (C=O) groups excluding carboxylic acids is 2. The van der Waals surface area contributed by atoms with Gasteiger partial charge in [-0.25, -0.2) is 0 Å². The summed E-state index contributed by atoms with van der Waals surface area (Å²) in [6.45, 7) is 9.65. The number of hydrogen-bond acceptors (Lipinski definition) is 4. The Labute approximate surface area is 174 Å². The van der Waals surface area contributed by atoms with Crippen molar-refractivity contribution < 1.29 is 14.3 Å². The molecule has 29 heavy (non-hydrogen) atoms. The molecule has 0 saturated carbocycles. The smallest absolute Gasteiger partial charge is 0.225 e. The van der Waals surface area contributed by atoms with Gasteiger partial charge < -0.3 is 15.0 Å². The van der Waals surface area contributed by atoms with E-state index in [0.29, 0.717) is 38.0 Å². The van der Waals surface area contributed by atoms with Crippen molar-refractivity contribution in [2.45, 2.75) is 39.2 Å². The quantitative estimate of drug-likeness (QED) is 0.687. The van der Waals surface area contributed by atoms with Crippen molar-refractivity contribution in [1.29, 1.82) is 0 Å². The Balaban J connectivity index is 1.47. The summed E-state index contributed by atoms with van der Waals surface area (Å²) in [5.41, 5.74) is 1.22. The fourth-order valence-corrected chi connectivity index (χ4v) is 4.28. The zero-order valence-electron chi connectivity index (χ0n) is 17.8. The van der Waals surface area contributed by atoms with Gasteiger partial charge in [-0.05, 0) is 24.3 Å². The van der Waals surface area contributed by atoms with E-state index < -0.39 is 0 Å². The molecule has 160 valence electrons. The van der Waals surface area contributed by atoms with Crippen LogP contribution in [-0.4, -0.2) is 73.6 Å². The predicted molar refractivity (Wildman–Crippen MR) is 113 cm³/mol. The van der Waals surface area contributed by atoms with Crippen LogP contribution in [0, 0.1) is 11.8 Å². The molecule has 2 amide bonds. The van der Waals surface area contributed by atoms with Crippen molar-refractivity contribution in [1.82, 2.24) is 15.1 Å². The van der Waals surface area contributed by atoms with Gasteiger partial charge in [0.25, 0.3) is 0 Å². The number of benzene rings is 1. The van der Waals surface area contributed by atoms with E-state index >= 15 is 0 Å². The average molecular weight is 402 g/mol. The molecule has 0 aromatic heterocycles. The lowest BCUT2D eigenvalue weighted by Gasteiger charge is -2.35. The Morgan fingerprint density at radius 2 is 1.93 bits per heavy atom. The summed E-state index contributed by atoms with van der Waals surface area (Å²) in [5.74, 6) is 0.444. The number of hydrogen-bond donors (Lipinski definition) is 1. The Morgan fingerprint density at radius 3 is 2.62 bits per heavy atom. The Hall–Kier alpha value is -1.92. The monoisotopic (exact) mass is 401 g/mol. The summed E-state index contributed by atoms with van der Waals surface area (Å²) < 4.78 is 5.47. The standard InChI is InChI=1S/C23H35N3O3/c1-18(2)14-21(25-10-12-29-13-11-25)16-24-23(28)20-15-22(27)26(17-20)9-8-19-6-4-3-5-7-19/h3-7,18,20-21H,8-17H2,1-2H3,(H,24,28). The van der Waals surface area contributed by atoms with Crippen LogP contribution in [0.2, 0.25) is 0 Å². The fourth-order valence-electron chi connectivity index (χ4n) is 4.28. The molecule has 2 heterocycles. The van der Waals surface area contributed by atoms with Gasteiger partial charge in [0.1, 0.15) is 0 Å². The van der Waals surface area contributed by atoms with E-state index in [1.165, 1.54) is 5.56 Å². The molecule has 1 N–H and O–H groups in total. The van der Waals surface area contributed by atoms with E-state index in [0.717, 1.165) is 39.1 Å². The molecule has 0 bridgehead atoms. The predicted octanol–water partition coefficient (Wildman–Crippen LogP) is 1.94. The van der Waals surface area contributed by atoms with E-state index in [2.05, 4.69) is 36.2 Å². The van der Waals surface area contributed by atoms with Crippen LogP contribution in [0.15, 0.2) is 30.3 Å². The van der Waals surface area contributed by atoms with Crippen molar-refractivity contribution in [3.63, 3.8) is 0 Å². The van der Waals surface area contributed by atoms with E-state index in [-0.39, 0.29) is 17.7 Å². The summed E-state index contributed by atoms with van der Waals surface area (Å²) in [4.78, 5) is 29.4. The molecule has 2 aliphatic heterocycles. The molecule has 2 saturated heterocycles. The molecule has 2 unspecified atom stereocenters. The first kappa shape index (κ1) is 21.8. The van der Waals surface area contributed by atoms with Crippen LogP contribution in [0.1, 0.15) is 32.3 Å². The molecular formula is C23H35N3O3. The van der Waals surface area contributed by atoms with Gasteiger partial charge in [-0.1, -0.05) is 44.2 Å². The molecule has 0 spiro atoms. The first-order valence-electron chi connectivity index (χ1n) is 10.9. The summed E-state index contributed by atoms with van der Waals surface area (Å²) in [6.07, 6.45) is 2.20. The minimum absolute atomic E-state index is 0.0163. The fraction of sp³-hybridized carbons (Fsp3) is 0.652. The average Bonchev–Trinajstić information content (AvgIpc) is 3.11. The first-order chi connectivity index (χ1) is 14.0. The van der Waals surface area contributed by atoms with Gasteiger partial charge in [-0.3, -0.25) is 14.5 Å². The second kappa shape index (κ2) is 10.7. The highest BCUT2D eigenvalue weighted by molar-refractivity contribution is 5.89. The lowest BCUT2D eigenvalue weighted by atomic mass is 10.0. The van der Waals surface area contributed by atoms with Crippen molar-refractivity contribution in [3.8, 4) is 0 Å². The number of rotatable bonds is 9. The highest BCUT2D eigenvalue weighted by atomic mass is 16.5. The summed E-state index contributed by atoms with van der Waals surface area (Å²) in [5, 5.41) is 3.14. The molecule has 2 atom stereocenters. The third kappa shape index (κ3) is 6.54.